The first-order chi connectivity index (χ1) is 9.47. The number of ketones is 1. The molecular formula is C14H15N3O3. The van der Waals surface area contributed by atoms with Gasteiger partial charge in [0.25, 0.3) is 5.69 Å². The number of nitro groups is 1. The molecule has 0 amide bonds. The van der Waals surface area contributed by atoms with E-state index < -0.39 is 4.92 Å². The number of carbonyl (C=O) groups excluding carboxylic acids is 1. The van der Waals surface area contributed by atoms with E-state index in [0.717, 1.165) is 11.3 Å². The second-order valence-electron chi connectivity index (χ2n) is 4.65. The lowest BCUT2D eigenvalue weighted by molar-refractivity contribution is -0.384. The quantitative estimate of drug-likeness (QED) is 0.516. The van der Waals surface area contributed by atoms with Gasteiger partial charge in [-0.05, 0) is 24.6 Å². The number of benzene rings is 1. The molecule has 0 aliphatic carbocycles. The molecule has 6 heteroatoms. The van der Waals surface area contributed by atoms with Crippen LogP contribution in [0.5, 0.6) is 0 Å². The Morgan fingerprint density at radius 2 is 2.15 bits per heavy atom. The van der Waals surface area contributed by atoms with Crippen LogP contribution >= 0.6 is 0 Å². The lowest BCUT2D eigenvalue weighted by Gasteiger charge is -2.18. The minimum absolute atomic E-state index is 0.105. The van der Waals surface area contributed by atoms with Crippen LogP contribution < -0.4 is 4.90 Å². The van der Waals surface area contributed by atoms with E-state index >= 15 is 0 Å². The summed E-state index contributed by atoms with van der Waals surface area (Å²) in [6, 6.07) is 9.05. The Labute approximate surface area is 116 Å². The van der Waals surface area contributed by atoms with Crippen LogP contribution in [0.2, 0.25) is 0 Å². The zero-order valence-corrected chi connectivity index (χ0v) is 11.3. The fourth-order valence-corrected chi connectivity index (χ4v) is 1.91. The van der Waals surface area contributed by atoms with Gasteiger partial charge in [-0.2, -0.15) is 0 Å². The van der Waals surface area contributed by atoms with E-state index in [1.807, 2.05) is 43.1 Å². The summed E-state index contributed by atoms with van der Waals surface area (Å²) in [5, 5.41) is 10.6. The number of hydrogen-bond acceptors (Lipinski definition) is 4. The molecule has 0 unspecified atom stereocenters. The Morgan fingerprint density at radius 1 is 1.40 bits per heavy atom. The van der Waals surface area contributed by atoms with Crippen LogP contribution in [-0.4, -0.2) is 29.3 Å². The third-order valence-corrected chi connectivity index (χ3v) is 3.00. The molecule has 0 radical (unpaired) electrons. The molecule has 2 aromatic rings. The van der Waals surface area contributed by atoms with Gasteiger partial charge in [0.1, 0.15) is 0 Å². The number of nitrogens with one attached hydrogen (secondary N) is 1. The number of anilines is 1. The van der Waals surface area contributed by atoms with Crippen LogP contribution in [0, 0.1) is 17.0 Å². The monoisotopic (exact) mass is 273 g/mol. The van der Waals surface area contributed by atoms with Crippen LogP contribution in [-0.2, 0) is 0 Å². The van der Waals surface area contributed by atoms with E-state index in [4.69, 9.17) is 0 Å². The Hall–Kier alpha value is -2.63. The van der Waals surface area contributed by atoms with Gasteiger partial charge >= 0.3 is 0 Å². The van der Waals surface area contributed by atoms with Gasteiger partial charge in [-0.15, -0.1) is 0 Å². The van der Waals surface area contributed by atoms with Gasteiger partial charge in [0.05, 0.1) is 23.4 Å². The van der Waals surface area contributed by atoms with Crippen molar-refractivity contribution in [3.05, 3.63) is 57.9 Å². The number of aromatic nitrogens is 1. The molecule has 0 fully saturated rings. The Bertz CT molecular complexity index is 649. The molecule has 1 heterocycles. The molecule has 104 valence electrons. The Kier molecular flexibility index (Phi) is 3.84. The fraction of sp³-hybridized carbons (Fsp3) is 0.214. The van der Waals surface area contributed by atoms with Crippen molar-refractivity contribution in [2.24, 2.45) is 0 Å². The minimum atomic E-state index is -0.530. The Morgan fingerprint density at radius 3 is 2.75 bits per heavy atom. The summed E-state index contributed by atoms with van der Waals surface area (Å²) in [5.74, 6) is -0.192. The van der Waals surface area contributed by atoms with Gasteiger partial charge in [-0.1, -0.05) is 12.1 Å². The van der Waals surface area contributed by atoms with Gasteiger partial charge in [0.2, 0.25) is 0 Å². The lowest BCUT2D eigenvalue weighted by Crippen LogP contribution is -2.25. The predicted octanol–water partition coefficient (Wildman–Crippen LogP) is 2.55. The highest BCUT2D eigenvalue weighted by molar-refractivity contribution is 5.98. The van der Waals surface area contributed by atoms with Crippen LogP contribution in [0.15, 0.2) is 36.5 Å². The first-order valence-electron chi connectivity index (χ1n) is 6.11. The van der Waals surface area contributed by atoms with Crippen LogP contribution in [0.25, 0.3) is 0 Å². The van der Waals surface area contributed by atoms with Crippen LogP contribution in [0.1, 0.15) is 16.1 Å². The lowest BCUT2D eigenvalue weighted by atomic mass is 10.2. The normalized spacial score (nSPS) is 10.3. The summed E-state index contributed by atoms with van der Waals surface area (Å²) in [5.41, 5.74) is 2.18. The number of likely N-dealkylation sites (N-methyl/N-ethyl adjacent to an activating group) is 1. The average Bonchev–Trinajstić information content (AvgIpc) is 2.88. The van der Waals surface area contributed by atoms with Crippen molar-refractivity contribution in [1.29, 1.82) is 0 Å². The summed E-state index contributed by atoms with van der Waals surface area (Å²) in [7, 11) is 1.81. The molecule has 20 heavy (non-hydrogen) atoms. The van der Waals surface area contributed by atoms with E-state index in [2.05, 4.69) is 4.98 Å². The van der Waals surface area contributed by atoms with Crippen molar-refractivity contribution in [2.45, 2.75) is 6.92 Å². The van der Waals surface area contributed by atoms with Crippen molar-refractivity contribution in [2.75, 3.05) is 18.5 Å². The standard InChI is InChI=1S/C14H15N3O3/c1-10-4-3-5-11(6-10)16(2)9-14(18)13-7-12(8-15-13)17(19)20/h3-8,15H,9H2,1-2H3. The van der Waals surface area contributed by atoms with E-state index in [-0.39, 0.29) is 23.7 Å². The molecule has 1 aromatic heterocycles. The third kappa shape index (κ3) is 3.03. The molecule has 6 nitrogen and oxygen atoms in total. The number of aromatic amines is 1. The smallest absolute Gasteiger partial charge is 0.287 e. The zero-order chi connectivity index (χ0) is 14.7. The highest BCUT2D eigenvalue weighted by Gasteiger charge is 2.16. The molecule has 0 atom stereocenters. The number of Topliss-reactive ketones (excluding diaryl/α,β-unsaturated/α-hetero) is 1. The molecule has 0 saturated carbocycles. The zero-order valence-electron chi connectivity index (χ0n) is 11.3. The van der Waals surface area contributed by atoms with Crippen molar-refractivity contribution in [3.8, 4) is 0 Å². The fourth-order valence-electron chi connectivity index (χ4n) is 1.91. The predicted molar refractivity (Wildman–Crippen MR) is 76.2 cm³/mol. The maximum absolute atomic E-state index is 12.1. The average molecular weight is 273 g/mol. The van der Waals surface area contributed by atoms with Crippen molar-refractivity contribution in [1.82, 2.24) is 4.98 Å². The van der Waals surface area contributed by atoms with Gasteiger partial charge in [-0.3, -0.25) is 14.9 Å². The number of nitrogens with zero attached hydrogens (tertiary/aromatic N) is 2. The largest absolute Gasteiger partial charge is 0.367 e. The molecule has 0 bridgehead atoms. The first-order valence-corrected chi connectivity index (χ1v) is 6.11. The van der Waals surface area contributed by atoms with E-state index in [1.54, 1.807) is 0 Å². The molecule has 1 aromatic carbocycles. The topological polar surface area (TPSA) is 79.2 Å². The maximum atomic E-state index is 12.1. The van der Waals surface area contributed by atoms with Gasteiger partial charge in [0.15, 0.2) is 5.78 Å². The Balaban J connectivity index is 2.08. The summed E-state index contributed by atoms with van der Waals surface area (Å²) < 4.78 is 0. The third-order valence-electron chi connectivity index (χ3n) is 3.00. The summed E-state index contributed by atoms with van der Waals surface area (Å²) in [4.78, 5) is 26.6. The number of hydrogen-bond donors (Lipinski definition) is 1. The second-order valence-corrected chi connectivity index (χ2v) is 4.65. The molecule has 0 aliphatic rings. The SMILES string of the molecule is Cc1cccc(N(C)CC(=O)c2cc([N+](=O)[O-])c[nH]2)c1. The van der Waals surface area contributed by atoms with E-state index in [9.17, 15) is 14.9 Å². The molecular weight excluding hydrogens is 258 g/mol. The van der Waals surface area contributed by atoms with E-state index in [1.165, 1.54) is 12.3 Å². The molecule has 0 aliphatic heterocycles. The van der Waals surface area contributed by atoms with E-state index in [0.29, 0.717) is 0 Å². The van der Waals surface area contributed by atoms with Gasteiger partial charge in [0, 0.05) is 18.8 Å². The number of rotatable bonds is 5. The molecule has 2 rings (SSSR count). The highest BCUT2D eigenvalue weighted by Crippen LogP contribution is 2.16. The highest BCUT2D eigenvalue weighted by atomic mass is 16.6. The number of aryl methyl sites for hydroxylation is 1. The molecule has 1 N–H and O–H groups in total. The first kappa shape index (κ1) is 13.8. The van der Waals surface area contributed by atoms with Crippen LogP contribution in [0.3, 0.4) is 0 Å². The van der Waals surface area contributed by atoms with Crippen molar-refractivity contribution >= 4 is 17.2 Å². The second kappa shape index (κ2) is 5.56. The van der Waals surface area contributed by atoms with Gasteiger partial charge in [-0.25, -0.2) is 0 Å². The summed E-state index contributed by atoms with van der Waals surface area (Å²) in [6.45, 7) is 2.13. The number of carbonyl (C=O) groups is 1. The van der Waals surface area contributed by atoms with Crippen LogP contribution in [0.4, 0.5) is 11.4 Å². The summed E-state index contributed by atoms with van der Waals surface area (Å²) >= 11 is 0. The number of H-pyrrole nitrogens is 1. The van der Waals surface area contributed by atoms with Crippen molar-refractivity contribution in [3.63, 3.8) is 0 Å². The molecule has 0 saturated heterocycles. The van der Waals surface area contributed by atoms with Gasteiger partial charge < -0.3 is 9.88 Å². The maximum Gasteiger partial charge on any atom is 0.287 e. The minimum Gasteiger partial charge on any atom is -0.367 e. The summed E-state index contributed by atoms with van der Waals surface area (Å²) in [6.07, 6.45) is 1.22. The van der Waals surface area contributed by atoms with Crippen molar-refractivity contribution < 1.29 is 9.72 Å². The molecule has 0 spiro atoms.